The van der Waals surface area contributed by atoms with Crippen molar-refractivity contribution < 1.29 is 23.1 Å². The van der Waals surface area contributed by atoms with Gasteiger partial charge in [-0.15, -0.1) is 0 Å². The van der Waals surface area contributed by atoms with Gasteiger partial charge >= 0.3 is 5.97 Å². The minimum Gasteiger partial charge on any atom is -0.480 e. The van der Waals surface area contributed by atoms with Crippen LogP contribution in [0.25, 0.3) is 10.8 Å². The largest absolute Gasteiger partial charge is 0.480 e. The third-order valence-corrected chi connectivity index (χ3v) is 5.37. The van der Waals surface area contributed by atoms with E-state index in [1.165, 1.54) is 11.0 Å². The lowest BCUT2D eigenvalue weighted by Crippen LogP contribution is -2.42. The molecule has 0 aliphatic heterocycles. The van der Waals surface area contributed by atoms with Gasteiger partial charge in [-0.3, -0.25) is 9.59 Å². The maximum Gasteiger partial charge on any atom is 0.323 e. The minimum absolute atomic E-state index is 0.100. The zero-order chi connectivity index (χ0) is 19.3. The zero-order valence-electron chi connectivity index (χ0n) is 14.7. The Balaban J connectivity index is 2.02. The van der Waals surface area contributed by atoms with E-state index in [1.54, 1.807) is 26.0 Å². The fraction of sp³-hybridized carbons (Fsp3) is 0.333. The second-order valence-corrected chi connectivity index (χ2v) is 7.93. The van der Waals surface area contributed by atoms with Gasteiger partial charge in [0.15, 0.2) is 0 Å². The van der Waals surface area contributed by atoms with Gasteiger partial charge in [-0.05, 0) is 36.8 Å². The van der Waals surface area contributed by atoms with E-state index in [9.17, 15) is 18.0 Å². The molecule has 2 rings (SSSR count). The highest BCUT2D eigenvalue weighted by atomic mass is 32.2. The van der Waals surface area contributed by atoms with Crippen molar-refractivity contribution in [3.63, 3.8) is 0 Å². The Labute approximate surface area is 152 Å². The van der Waals surface area contributed by atoms with Crippen LogP contribution in [0.2, 0.25) is 0 Å². The van der Waals surface area contributed by atoms with Crippen molar-refractivity contribution in [1.82, 2.24) is 9.62 Å². The van der Waals surface area contributed by atoms with Crippen molar-refractivity contribution in [2.45, 2.75) is 31.2 Å². The summed E-state index contributed by atoms with van der Waals surface area (Å²) < 4.78 is 27.2. The molecule has 0 atom stereocenters. The Kier molecular flexibility index (Phi) is 6.33. The van der Waals surface area contributed by atoms with Crippen LogP contribution in [0, 0.1) is 0 Å². The van der Waals surface area contributed by atoms with Crippen LogP contribution in [0.15, 0.2) is 47.4 Å². The number of carboxylic acid groups (broad SMARTS) is 1. The van der Waals surface area contributed by atoms with E-state index < -0.39 is 28.4 Å². The van der Waals surface area contributed by atoms with Crippen molar-refractivity contribution in [2.75, 3.05) is 13.1 Å². The van der Waals surface area contributed by atoms with Crippen LogP contribution in [0.1, 0.15) is 20.3 Å². The summed E-state index contributed by atoms with van der Waals surface area (Å²) in [6.45, 7) is 2.91. The summed E-state index contributed by atoms with van der Waals surface area (Å²) in [6.07, 6.45) is -0.113. The van der Waals surface area contributed by atoms with Gasteiger partial charge in [0.25, 0.3) is 0 Å². The molecule has 8 heteroatoms. The molecule has 0 aliphatic rings. The maximum atomic E-state index is 12.4. The van der Waals surface area contributed by atoms with Gasteiger partial charge in [0.05, 0.1) is 4.90 Å². The number of hydrogen-bond donors (Lipinski definition) is 2. The molecule has 140 valence electrons. The molecule has 1 amide bonds. The summed E-state index contributed by atoms with van der Waals surface area (Å²) in [5.41, 5.74) is 0. The highest BCUT2D eigenvalue weighted by Gasteiger charge is 2.21. The number of amides is 1. The number of sulfonamides is 1. The lowest BCUT2D eigenvalue weighted by atomic mass is 10.1. The molecule has 0 saturated carbocycles. The Morgan fingerprint density at radius 2 is 1.77 bits per heavy atom. The summed E-state index contributed by atoms with van der Waals surface area (Å²) in [7, 11) is -3.75. The number of carbonyl (C=O) groups is 2. The summed E-state index contributed by atoms with van der Waals surface area (Å²) >= 11 is 0. The monoisotopic (exact) mass is 378 g/mol. The highest BCUT2D eigenvalue weighted by Crippen LogP contribution is 2.18. The number of fused-ring (bicyclic) bond motifs is 1. The quantitative estimate of drug-likeness (QED) is 0.729. The molecular weight excluding hydrogens is 356 g/mol. The number of aliphatic carboxylic acids is 1. The Hall–Kier alpha value is -2.45. The fourth-order valence-corrected chi connectivity index (χ4v) is 3.63. The average Bonchev–Trinajstić information content (AvgIpc) is 2.58. The number of nitrogens with one attached hydrogen (secondary N) is 1. The van der Waals surface area contributed by atoms with Gasteiger partial charge in [0.1, 0.15) is 6.54 Å². The molecule has 0 saturated heterocycles. The number of rotatable bonds is 8. The summed E-state index contributed by atoms with van der Waals surface area (Å²) in [6, 6.07) is 11.9. The van der Waals surface area contributed by atoms with Crippen molar-refractivity contribution >= 4 is 32.7 Å². The van der Waals surface area contributed by atoms with Crippen molar-refractivity contribution in [1.29, 1.82) is 0 Å². The standard InChI is InChI=1S/C18H22N2O5S/c1-13(2)20(12-18(22)23)17(21)9-10-19-26(24,25)16-8-7-14-5-3-4-6-15(14)11-16/h3-8,11,13,19H,9-10,12H2,1-2H3,(H,22,23). The van der Waals surface area contributed by atoms with E-state index >= 15 is 0 Å². The smallest absolute Gasteiger partial charge is 0.323 e. The number of carbonyl (C=O) groups excluding carboxylic acids is 1. The normalized spacial score (nSPS) is 11.7. The van der Waals surface area contributed by atoms with Crippen LogP contribution in [0.3, 0.4) is 0 Å². The number of hydrogen-bond acceptors (Lipinski definition) is 4. The molecule has 2 aromatic carbocycles. The molecular formula is C18H22N2O5S. The number of carboxylic acids is 1. The van der Waals surface area contributed by atoms with Crippen LogP contribution in [0.4, 0.5) is 0 Å². The lowest BCUT2D eigenvalue weighted by Gasteiger charge is -2.24. The maximum absolute atomic E-state index is 12.4. The first-order chi connectivity index (χ1) is 12.2. The van der Waals surface area contributed by atoms with Crippen LogP contribution in [-0.4, -0.2) is 49.4 Å². The minimum atomic E-state index is -3.75. The van der Waals surface area contributed by atoms with Crippen molar-refractivity contribution in [2.24, 2.45) is 0 Å². The average molecular weight is 378 g/mol. The van der Waals surface area contributed by atoms with E-state index in [1.807, 2.05) is 24.3 Å². The fourth-order valence-electron chi connectivity index (χ4n) is 2.56. The van der Waals surface area contributed by atoms with Crippen LogP contribution in [0.5, 0.6) is 0 Å². The number of benzene rings is 2. The van der Waals surface area contributed by atoms with Gasteiger partial charge in [0.2, 0.25) is 15.9 Å². The van der Waals surface area contributed by atoms with Crippen LogP contribution < -0.4 is 4.72 Å². The van der Waals surface area contributed by atoms with E-state index in [2.05, 4.69) is 4.72 Å². The third-order valence-electron chi connectivity index (χ3n) is 3.91. The van der Waals surface area contributed by atoms with E-state index in [4.69, 9.17) is 5.11 Å². The molecule has 2 N–H and O–H groups in total. The van der Waals surface area contributed by atoms with E-state index in [0.29, 0.717) is 0 Å². The van der Waals surface area contributed by atoms with Gasteiger partial charge in [-0.2, -0.15) is 0 Å². The molecule has 0 aromatic heterocycles. The molecule has 0 aliphatic carbocycles. The molecule has 0 fully saturated rings. The number of nitrogens with zero attached hydrogens (tertiary/aromatic N) is 1. The second kappa shape index (κ2) is 8.29. The first-order valence-corrected chi connectivity index (χ1v) is 9.69. The Morgan fingerprint density at radius 3 is 2.38 bits per heavy atom. The molecule has 2 aromatic rings. The topological polar surface area (TPSA) is 104 Å². The molecule has 0 heterocycles. The lowest BCUT2D eigenvalue weighted by molar-refractivity contribution is -0.145. The molecule has 0 unspecified atom stereocenters. The van der Waals surface area contributed by atoms with Crippen LogP contribution >= 0.6 is 0 Å². The van der Waals surface area contributed by atoms with Crippen LogP contribution in [-0.2, 0) is 19.6 Å². The predicted octanol–water partition coefficient (Wildman–Crippen LogP) is 1.83. The molecule has 7 nitrogen and oxygen atoms in total. The first kappa shape index (κ1) is 19.9. The first-order valence-electron chi connectivity index (χ1n) is 8.20. The van der Waals surface area contributed by atoms with Gasteiger partial charge in [-0.1, -0.05) is 30.3 Å². The Bertz CT molecular complexity index is 909. The SMILES string of the molecule is CC(C)N(CC(=O)O)C(=O)CCNS(=O)(=O)c1ccc2ccccc2c1. The summed E-state index contributed by atoms with van der Waals surface area (Å²) in [5, 5.41) is 10.6. The molecule has 26 heavy (non-hydrogen) atoms. The summed E-state index contributed by atoms with van der Waals surface area (Å²) in [4.78, 5) is 24.3. The van der Waals surface area contributed by atoms with Crippen molar-refractivity contribution in [3.8, 4) is 0 Å². The second-order valence-electron chi connectivity index (χ2n) is 6.17. The van der Waals surface area contributed by atoms with Gasteiger partial charge in [0, 0.05) is 19.0 Å². The highest BCUT2D eigenvalue weighted by molar-refractivity contribution is 7.89. The van der Waals surface area contributed by atoms with Gasteiger partial charge < -0.3 is 10.0 Å². The Morgan fingerprint density at radius 1 is 1.12 bits per heavy atom. The zero-order valence-corrected chi connectivity index (χ0v) is 15.5. The van der Waals surface area contributed by atoms with E-state index in [0.717, 1.165) is 10.8 Å². The molecule has 0 radical (unpaired) electrons. The van der Waals surface area contributed by atoms with Gasteiger partial charge in [-0.25, -0.2) is 13.1 Å². The molecule has 0 bridgehead atoms. The van der Waals surface area contributed by atoms with Crippen molar-refractivity contribution in [3.05, 3.63) is 42.5 Å². The third kappa shape index (κ3) is 5.03. The molecule has 0 spiro atoms. The summed E-state index contributed by atoms with van der Waals surface area (Å²) in [5.74, 6) is -1.52. The van der Waals surface area contributed by atoms with E-state index in [-0.39, 0.29) is 23.9 Å². The predicted molar refractivity (Wildman–Crippen MR) is 98.2 cm³/mol.